The van der Waals surface area contributed by atoms with Crippen LogP contribution in [0.3, 0.4) is 0 Å². The fraction of sp³-hybridized carbons (Fsp3) is 0.222. The molecule has 0 aliphatic carbocycles. The van der Waals surface area contributed by atoms with Crippen LogP contribution in [0.15, 0.2) is 58.6 Å². The molecule has 1 N–H and O–H groups in total. The van der Waals surface area contributed by atoms with E-state index in [1.165, 1.54) is 27.5 Å². The molecule has 0 atom stereocenters. The Kier molecular flexibility index (Phi) is 9.31. The van der Waals surface area contributed by atoms with Crippen LogP contribution < -0.4 is 33.8 Å². The quantitative estimate of drug-likeness (QED) is 0.305. The van der Waals surface area contributed by atoms with Gasteiger partial charge in [0.05, 0.1) is 54.6 Å². The van der Waals surface area contributed by atoms with Gasteiger partial charge < -0.3 is 28.4 Å². The molecule has 3 aromatic carbocycles. The summed E-state index contributed by atoms with van der Waals surface area (Å²) in [5.41, 5.74) is 5.01. The summed E-state index contributed by atoms with van der Waals surface area (Å²) in [4.78, 5) is 17.0. The zero-order valence-electron chi connectivity index (χ0n) is 21.5. The predicted molar refractivity (Wildman–Crippen MR) is 141 cm³/mol. The van der Waals surface area contributed by atoms with E-state index >= 15 is 0 Å². The molecule has 0 spiro atoms. The lowest BCUT2D eigenvalue weighted by molar-refractivity contribution is 0.0955. The van der Waals surface area contributed by atoms with Crippen molar-refractivity contribution in [3.05, 3.63) is 65.2 Å². The van der Waals surface area contributed by atoms with Crippen LogP contribution >= 0.6 is 0 Å². The van der Waals surface area contributed by atoms with Gasteiger partial charge in [-0.3, -0.25) is 9.79 Å². The van der Waals surface area contributed by atoms with Crippen molar-refractivity contribution in [2.45, 2.75) is 0 Å². The Balaban J connectivity index is 1.68. The zero-order valence-corrected chi connectivity index (χ0v) is 21.5. The summed E-state index contributed by atoms with van der Waals surface area (Å²) in [5.74, 6) is 2.63. The van der Waals surface area contributed by atoms with Crippen molar-refractivity contribution in [2.75, 3.05) is 42.7 Å². The molecule has 0 unspecified atom stereocenters. The normalized spacial score (nSPS) is 10.9. The number of aliphatic imine (C=N–C) groups is 1. The Morgan fingerprint density at radius 2 is 1.08 bits per heavy atom. The molecule has 0 fully saturated rings. The van der Waals surface area contributed by atoms with Crippen LogP contribution in [0.25, 0.3) is 0 Å². The lowest BCUT2D eigenvalue weighted by atomic mass is 10.2. The fourth-order valence-electron chi connectivity index (χ4n) is 3.43. The molecule has 0 aromatic heterocycles. The third kappa shape index (κ3) is 6.49. The molecule has 10 heteroatoms. The van der Waals surface area contributed by atoms with Gasteiger partial charge >= 0.3 is 0 Å². The molecule has 0 aliphatic rings. The maximum atomic E-state index is 12.5. The monoisotopic (exact) mass is 507 g/mol. The molecular formula is C27H29N3O7. The van der Waals surface area contributed by atoms with Gasteiger partial charge in [-0.1, -0.05) is 0 Å². The van der Waals surface area contributed by atoms with Crippen LogP contribution in [0.1, 0.15) is 21.5 Å². The molecule has 1 amide bonds. The highest BCUT2D eigenvalue weighted by molar-refractivity contribution is 5.95. The van der Waals surface area contributed by atoms with Crippen LogP contribution in [-0.4, -0.2) is 61.0 Å². The SMILES string of the molecule is COc1cc(C=Nc2ccc(C(=O)N/N=C\c3cc(OC)c(OC)c(OC)c3)cc2)cc(OC)c1OC. The topological polar surface area (TPSA) is 109 Å². The first-order valence-electron chi connectivity index (χ1n) is 11.1. The Morgan fingerprint density at radius 3 is 1.49 bits per heavy atom. The van der Waals surface area contributed by atoms with Crippen molar-refractivity contribution in [1.82, 2.24) is 5.43 Å². The summed E-state index contributed by atoms with van der Waals surface area (Å²) in [6.45, 7) is 0. The molecule has 3 aromatic rings. The largest absolute Gasteiger partial charge is 0.493 e. The predicted octanol–water partition coefficient (Wildman–Crippen LogP) is 4.25. The van der Waals surface area contributed by atoms with Crippen LogP contribution in [-0.2, 0) is 0 Å². The molecule has 0 radical (unpaired) electrons. The Morgan fingerprint density at radius 1 is 0.649 bits per heavy atom. The first-order valence-corrected chi connectivity index (χ1v) is 11.1. The van der Waals surface area contributed by atoms with E-state index in [2.05, 4.69) is 15.5 Å². The molecule has 0 aliphatic heterocycles. The Hall–Kier alpha value is -4.73. The second-order valence-corrected chi connectivity index (χ2v) is 7.42. The number of methoxy groups -OCH3 is 6. The van der Waals surface area contributed by atoms with E-state index in [0.717, 1.165) is 5.56 Å². The van der Waals surface area contributed by atoms with Crippen LogP contribution in [0.4, 0.5) is 5.69 Å². The van der Waals surface area contributed by atoms with Gasteiger partial charge in [0.1, 0.15) is 0 Å². The number of nitrogens with one attached hydrogen (secondary N) is 1. The van der Waals surface area contributed by atoms with Gasteiger partial charge in [-0.15, -0.1) is 0 Å². The molecular weight excluding hydrogens is 478 g/mol. The number of amides is 1. The highest BCUT2D eigenvalue weighted by Gasteiger charge is 2.13. The van der Waals surface area contributed by atoms with Gasteiger partial charge in [-0.25, -0.2) is 5.43 Å². The fourth-order valence-corrected chi connectivity index (χ4v) is 3.43. The first-order chi connectivity index (χ1) is 18.0. The van der Waals surface area contributed by atoms with Gasteiger partial charge in [0.15, 0.2) is 23.0 Å². The number of rotatable bonds is 11. The van der Waals surface area contributed by atoms with Gasteiger partial charge in [-0.05, 0) is 48.5 Å². The van der Waals surface area contributed by atoms with Gasteiger partial charge in [0.2, 0.25) is 11.5 Å². The van der Waals surface area contributed by atoms with Gasteiger partial charge in [0.25, 0.3) is 5.91 Å². The van der Waals surface area contributed by atoms with Crippen molar-refractivity contribution < 1.29 is 33.2 Å². The number of ether oxygens (including phenoxy) is 6. The van der Waals surface area contributed by atoms with Crippen molar-refractivity contribution in [3.63, 3.8) is 0 Å². The van der Waals surface area contributed by atoms with E-state index in [1.54, 1.807) is 76.1 Å². The van der Waals surface area contributed by atoms with E-state index in [9.17, 15) is 4.79 Å². The average molecular weight is 508 g/mol. The van der Waals surface area contributed by atoms with Crippen LogP contribution in [0.5, 0.6) is 34.5 Å². The summed E-state index contributed by atoms with van der Waals surface area (Å²) >= 11 is 0. The average Bonchev–Trinajstić information content (AvgIpc) is 2.94. The number of hydrogen-bond donors (Lipinski definition) is 1. The molecule has 3 rings (SSSR count). The molecule has 0 heterocycles. The van der Waals surface area contributed by atoms with Crippen LogP contribution in [0.2, 0.25) is 0 Å². The van der Waals surface area contributed by atoms with Crippen molar-refractivity contribution in [2.24, 2.45) is 10.1 Å². The second kappa shape index (κ2) is 12.8. The number of hydrazone groups is 1. The minimum atomic E-state index is -0.371. The maximum absolute atomic E-state index is 12.5. The summed E-state index contributed by atoms with van der Waals surface area (Å²) in [5, 5.41) is 4.03. The first kappa shape index (κ1) is 26.9. The van der Waals surface area contributed by atoms with Crippen molar-refractivity contribution >= 4 is 24.0 Å². The van der Waals surface area contributed by atoms with Crippen molar-refractivity contribution in [1.29, 1.82) is 0 Å². The zero-order chi connectivity index (χ0) is 26.8. The highest BCUT2D eigenvalue weighted by Crippen LogP contribution is 2.38. The van der Waals surface area contributed by atoms with E-state index in [1.807, 2.05) is 0 Å². The molecule has 0 saturated carbocycles. The van der Waals surface area contributed by atoms with E-state index in [-0.39, 0.29) is 5.91 Å². The maximum Gasteiger partial charge on any atom is 0.271 e. The third-order valence-corrected chi connectivity index (χ3v) is 5.25. The Bertz CT molecular complexity index is 1240. The minimum absolute atomic E-state index is 0.371. The summed E-state index contributed by atoms with van der Waals surface area (Å²) < 4.78 is 32.0. The minimum Gasteiger partial charge on any atom is -0.493 e. The van der Waals surface area contributed by atoms with Gasteiger partial charge in [0, 0.05) is 22.9 Å². The number of nitrogens with zero attached hydrogens (tertiary/aromatic N) is 2. The van der Waals surface area contributed by atoms with Gasteiger partial charge in [-0.2, -0.15) is 5.10 Å². The summed E-state index contributed by atoms with van der Waals surface area (Å²) in [6.07, 6.45) is 3.15. The van der Waals surface area contributed by atoms with E-state index in [4.69, 9.17) is 28.4 Å². The molecule has 0 saturated heterocycles. The summed E-state index contributed by atoms with van der Waals surface area (Å²) in [6, 6.07) is 13.8. The lowest BCUT2D eigenvalue weighted by Gasteiger charge is -2.12. The highest BCUT2D eigenvalue weighted by atomic mass is 16.5. The molecule has 194 valence electrons. The van der Waals surface area contributed by atoms with E-state index in [0.29, 0.717) is 51.3 Å². The number of carbonyl (C=O) groups excluding carboxylic acids is 1. The third-order valence-electron chi connectivity index (χ3n) is 5.25. The Labute approximate surface area is 215 Å². The lowest BCUT2D eigenvalue weighted by Crippen LogP contribution is -2.17. The molecule has 0 bridgehead atoms. The van der Waals surface area contributed by atoms with Crippen molar-refractivity contribution in [3.8, 4) is 34.5 Å². The second-order valence-electron chi connectivity index (χ2n) is 7.42. The molecule has 37 heavy (non-hydrogen) atoms. The molecule has 10 nitrogen and oxygen atoms in total. The number of benzene rings is 3. The van der Waals surface area contributed by atoms with Crippen LogP contribution in [0, 0.1) is 0 Å². The smallest absolute Gasteiger partial charge is 0.271 e. The van der Waals surface area contributed by atoms with E-state index < -0.39 is 0 Å². The standard InChI is InChI=1S/C27H29N3O7/c1-32-21-11-17(12-22(33-2)25(21)36-5)15-28-20-9-7-19(8-10-20)27(31)30-29-16-18-13-23(34-3)26(37-6)24(14-18)35-4/h7-16H,1-6H3,(H,30,31)/b28-15?,29-16-. The number of carbonyl (C=O) groups is 1. The summed E-state index contributed by atoms with van der Waals surface area (Å²) in [7, 11) is 9.23. The number of hydrogen-bond acceptors (Lipinski definition) is 9.